The Bertz CT molecular complexity index is 369. The van der Waals surface area contributed by atoms with Crippen LogP contribution in [-0.2, 0) is 6.42 Å². The molecule has 2 heterocycles. The number of hydrogen-bond donors (Lipinski definition) is 1. The first-order valence-corrected chi connectivity index (χ1v) is 10.1. The maximum absolute atomic E-state index is 3.70. The van der Waals surface area contributed by atoms with Gasteiger partial charge in [-0.15, -0.1) is 11.3 Å². The Balaban J connectivity index is 2.02. The quantitative estimate of drug-likeness (QED) is 0.836. The predicted molar refractivity (Wildman–Crippen MR) is 91.4 cm³/mol. The van der Waals surface area contributed by atoms with Crippen molar-refractivity contribution in [3.05, 3.63) is 20.8 Å². The zero-order valence-corrected chi connectivity index (χ0v) is 14.9. The molecule has 18 heavy (non-hydrogen) atoms. The number of hydrogen-bond acceptors (Lipinski definition) is 4. The summed E-state index contributed by atoms with van der Waals surface area (Å²) < 4.78 is 1.24. The van der Waals surface area contributed by atoms with Crippen molar-refractivity contribution in [1.82, 2.24) is 5.32 Å². The van der Waals surface area contributed by atoms with Gasteiger partial charge in [0.15, 0.2) is 0 Å². The fourth-order valence-corrected chi connectivity index (χ4v) is 6.84. The molecule has 3 unspecified atom stereocenters. The van der Waals surface area contributed by atoms with E-state index in [0.29, 0.717) is 6.04 Å². The highest BCUT2D eigenvalue weighted by Gasteiger charge is 2.30. The van der Waals surface area contributed by atoms with Crippen LogP contribution in [0.3, 0.4) is 0 Å². The summed E-state index contributed by atoms with van der Waals surface area (Å²) in [6.07, 6.45) is 1.16. The van der Waals surface area contributed by atoms with E-state index in [1.165, 1.54) is 20.2 Å². The number of nitrogens with one attached hydrogen (secondary N) is 1. The third-order valence-electron chi connectivity index (χ3n) is 3.15. The Morgan fingerprint density at radius 3 is 2.78 bits per heavy atom. The first-order valence-electron chi connectivity index (χ1n) is 6.41. The summed E-state index contributed by atoms with van der Waals surface area (Å²) in [6.45, 7) is 5.66. The van der Waals surface area contributed by atoms with Gasteiger partial charge in [0.1, 0.15) is 0 Å². The van der Waals surface area contributed by atoms with Crippen LogP contribution >= 0.6 is 50.8 Å². The van der Waals surface area contributed by atoms with Gasteiger partial charge in [-0.1, -0.05) is 13.8 Å². The van der Waals surface area contributed by atoms with E-state index in [1.807, 2.05) is 11.3 Å². The van der Waals surface area contributed by atoms with Crippen molar-refractivity contribution in [2.24, 2.45) is 0 Å². The third-order valence-corrected chi connectivity index (χ3v) is 8.05. The number of rotatable bonds is 5. The largest absolute Gasteiger partial charge is 0.313 e. The summed E-state index contributed by atoms with van der Waals surface area (Å²) in [6, 6.07) is 5.02. The standard InChI is InChI=1S/C13H20BrNS3/c1-3-15-11(8-10-4-5-12(14)18-10)13-9(2)16-6-7-17-13/h4-5,9,11,13,15H,3,6-8H2,1-2H3. The maximum Gasteiger partial charge on any atom is 0.0701 e. The Morgan fingerprint density at radius 2 is 2.17 bits per heavy atom. The summed E-state index contributed by atoms with van der Waals surface area (Å²) in [5.41, 5.74) is 0. The molecule has 0 bridgehead atoms. The molecular weight excluding hydrogens is 346 g/mol. The Labute approximate surface area is 131 Å². The monoisotopic (exact) mass is 365 g/mol. The fraction of sp³-hybridized carbons (Fsp3) is 0.692. The molecule has 2 rings (SSSR count). The molecule has 0 saturated carbocycles. The lowest BCUT2D eigenvalue weighted by molar-refractivity contribution is 0.503. The van der Waals surface area contributed by atoms with Crippen LogP contribution in [0.15, 0.2) is 15.9 Å². The summed E-state index contributed by atoms with van der Waals surface area (Å²) >= 11 is 9.71. The first-order chi connectivity index (χ1) is 8.70. The topological polar surface area (TPSA) is 12.0 Å². The van der Waals surface area contributed by atoms with Gasteiger partial charge in [-0.05, 0) is 41.0 Å². The lowest BCUT2D eigenvalue weighted by Crippen LogP contribution is -2.45. The molecule has 1 fully saturated rings. The van der Waals surface area contributed by atoms with Gasteiger partial charge in [0.2, 0.25) is 0 Å². The molecule has 0 aliphatic carbocycles. The van der Waals surface area contributed by atoms with Crippen LogP contribution in [0.2, 0.25) is 0 Å². The van der Waals surface area contributed by atoms with Gasteiger partial charge in [0, 0.05) is 32.9 Å². The number of likely N-dealkylation sites (N-methyl/N-ethyl adjacent to an activating group) is 1. The normalized spacial score (nSPS) is 26.2. The van der Waals surface area contributed by atoms with E-state index in [9.17, 15) is 0 Å². The van der Waals surface area contributed by atoms with E-state index in [2.05, 4.69) is 70.8 Å². The highest BCUT2D eigenvalue weighted by molar-refractivity contribution is 9.11. The molecule has 1 aliphatic heterocycles. The van der Waals surface area contributed by atoms with Crippen molar-refractivity contribution in [1.29, 1.82) is 0 Å². The van der Waals surface area contributed by atoms with Crippen LogP contribution in [0, 0.1) is 0 Å². The Hall–Kier alpha value is 0.840. The molecule has 1 aromatic rings. The first kappa shape index (κ1) is 15.2. The average molecular weight is 366 g/mol. The van der Waals surface area contributed by atoms with Gasteiger partial charge < -0.3 is 5.32 Å². The molecule has 1 nitrogen and oxygen atoms in total. The molecule has 0 amide bonds. The van der Waals surface area contributed by atoms with Crippen molar-refractivity contribution in [3.63, 3.8) is 0 Å². The lowest BCUT2D eigenvalue weighted by Gasteiger charge is -2.34. The van der Waals surface area contributed by atoms with E-state index < -0.39 is 0 Å². The van der Waals surface area contributed by atoms with Crippen LogP contribution in [-0.4, -0.2) is 34.6 Å². The zero-order valence-electron chi connectivity index (χ0n) is 10.8. The minimum Gasteiger partial charge on any atom is -0.313 e. The van der Waals surface area contributed by atoms with Gasteiger partial charge in [0.25, 0.3) is 0 Å². The van der Waals surface area contributed by atoms with E-state index in [4.69, 9.17) is 0 Å². The summed E-state index contributed by atoms with van der Waals surface area (Å²) in [4.78, 5) is 1.48. The van der Waals surface area contributed by atoms with Crippen molar-refractivity contribution in [2.45, 2.75) is 36.8 Å². The molecule has 0 aromatic carbocycles. The summed E-state index contributed by atoms with van der Waals surface area (Å²) in [5, 5.41) is 5.20. The molecule has 0 spiro atoms. The average Bonchev–Trinajstić information content (AvgIpc) is 2.75. The highest BCUT2D eigenvalue weighted by atomic mass is 79.9. The molecule has 0 radical (unpaired) electrons. The zero-order chi connectivity index (χ0) is 13.0. The third kappa shape index (κ3) is 4.17. The second kappa shape index (κ2) is 7.58. The molecule has 102 valence electrons. The van der Waals surface area contributed by atoms with Crippen LogP contribution in [0.4, 0.5) is 0 Å². The van der Waals surface area contributed by atoms with E-state index in [1.54, 1.807) is 0 Å². The van der Waals surface area contributed by atoms with Gasteiger partial charge >= 0.3 is 0 Å². The summed E-state index contributed by atoms with van der Waals surface area (Å²) in [7, 11) is 0. The maximum atomic E-state index is 3.70. The second-order valence-electron chi connectivity index (χ2n) is 4.49. The number of thiophene rings is 1. The van der Waals surface area contributed by atoms with Crippen LogP contribution < -0.4 is 5.32 Å². The minimum atomic E-state index is 0.605. The molecule has 1 aliphatic rings. The fourth-order valence-electron chi connectivity index (χ4n) is 2.34. The smallest absolute Gasteiger partial charge is 0.0701 e. The number of thioether (sulfide) groups is 2. The van der Waals surface area contributed by atoms with E-state index in [-0.39, 0.29) is 0 Å². The lowest BCUT2D eigenvalue weighted by atomic mass is 10.1. The number of halogens is 1. The molecule has 5 heteroatoms. The van der Waals surface area contributed by atoms with Crippen molar-refractivity contribution in [2.75, 3.05) is 18.1 Å². The van der Waals surface area contributed by atoms with Crippen molar-refractivity contribution >= 4 is 50.8 Å². The van der Waals surface area contributed by atoms with E-state index >= 15 is 0 Å². The Morgan fingerprint density at radius 1 is 1.39 bits per heavy atom. The van der Waals surface area contributed by atoms with Gasteiger partial charge in [0.05, 0.1) is 3.79 Å². The Kier molecular flexibility index (Phi) is 6.41. The molecule has 1 saturated heterocycles. The van der Waals surface area contributed by atoms with Crippen LogP contribution in [0.25, 0.3) is 0 Å². The van der Waals surface area contributed by atoms with Gasteiger partial charge in [-0.2, -0.15) is 23.5 Å². The summed E-state index contributed by atoms with van der Waals surface area (Å²) in [5.74, 6) is 2.61. The van der Waals surface area contributed by atoms with E-state index in [0.717, 1.165) is 23.5 Å². The molecule has 1 aromatic heterocycles. The van der Waals surface area contributed by atoms with Crippen molar-refractivity contribution in [3.8, 4) is 0 Å². The van der Waals surface area contributed by atoms with Crippen molar-refractivity contribution < 1.29 is 0 Å². The van der Waals surface area contributed by atoms with Crippen LogP contribution in [0.5, 0.6) is 0 Å². The minimum absolute atomic E-state index is 0.605. The SMILES string of the molecule is CCNC(Cc1ccc(Br)s1)C1SCCSC1C. The predicted octanol–water partition coefficient (Wildman–Crippen LogP) is 4.27. The molecule has 3 atom stereocenters. The van der Waals surface area contributed by atoms with Crippen LogP contribution in [0.1, 0.15) is 18.7 Å². The van der Waals surface area contributed by atoms with Gasteiger partial charge in [-0.25, -0.2) is 0 Å². The molecular formula is C13H20BrNS3. The highest BCUT2D eigenvalue weighted by Crippen LogP contribution is 2.35. The molecule has 1 N–H and O–H groups in total. The van der Waals surface area contributed by atoms with Gasteiger partial charge in [-0.3, -0.25) is 0 Å². The second-order valence-corrected chi connectivity index (χ2v) is 9.80.